The molecule has 3 N–H and O–H groups in total. The van der Waals surface area contributed by atoms with Gasteiger partial charge in [-0.2, -0.15) is 11.8 Å². The van der Waals surface area contributed by atoms with Crippen LogP contribution in [-0.4, -0.2) is 50.9 Å². The Labute approximate surface area is 165 Å². The van der Waals surface area contributed by atoms with E-state index < -0.39 is 5.60 Å². The predicted molar refractivity (Wildman–Crippen MR) is 112 cm³/mol. The number of nitrogens with one attached hydrogen (secondary N) is 2. The number of benzene rings is 1. The van der Waals surface area contributed by atoms with Crippen LogP contribution in [0.3, 0.4) is 0 Å². The zero-order valence-electron chi connectivity index (χ0n) is 16.6. The molecule has 148 valence electrons. The maximum absolute atomic E-state index is 10.8. The molecule has 0 bridgehead atoms. The van der Waals surface area contributed by atoms with Crippen LogP contribution in [0.2, 0.25) is 0 Å². The highest BCUT2D eigenvalue weighted by Gasteiger charge is 2.23. The number of aromatic nitrogens is 3. The first-order valence-electron chi connectivity index (χ1n) is 9.08. The van der Waals surface area contributed by atoms with Crippen LogP contribution < -0.4 is 10.6 Å². The topological polar surface area (TPSA) is 87.4 Å². The molecule has 1 aromatic heterocycles. The third kappa shape index (κ3) is 6.55. The number of hydrogen-bond acceptors (Lipinski definition) is 5. The summed E-state index contributed by atoms with van der Waals surface area (Å²) in [5.41, 5.74) is -0.132. The summed E-state index contributed by atoms with van der Waals surface area (Å²) in [6, 6.07) is 9.64. The van der Waals surface area contributed by atoms with Crippen LogP contribution in [0.25, 0.3) is 0 Å². The van der Waals surface area contributed by atoms with Gasteiger partial charge < -0.3 is 20.3 Å². The van der Waals surface area contributed by atoms with Gasteiger partial charge in [0.15, 0.2) is 11.8 Å². The van der Waals surface area contributed by atoms with Gasteiger partial charge in [0.1, 0.15) is 18.0 Å². The molecular formula is C19H30N6OS. The molecule has 27 heavy (non-hydrogen) atoms. The van der Waals surface area contributed by atoms with E-state index in [0.717, 1.165) is 35.9 Å². The lowest BCUT2D eigenvalue weighted by molar-refractivity contribution is 0.0617. The van der Waals surface area contributed by atoms with Crippen LogP contribution in [0, 0.1) is 6.92 Å². The molecule has 1 unspecified atom stereocenters. The van der Waals surface area contributed by atoms with Crippen LogP contribution in [-0.2, 0) is 19.2 Å². The maximum Gasteiger partial charge on any atom is 0.191 e. The Bertz CT molecular complexity index is 729. The van der Waals surface area contributed by atoms with E-state index in [0.29, 0.717) is 19.0 Å². The molecule has 1 aromatic carbocycles. The first kappa shape index (κ1) is 21.2. The molecule has 0 aliphatic carbocycles. The Morgan fingerprint density at radius 1 is 1.26 bits per heavy atom. The van der Waals surface area contributed by atoms with E-state index in [1.54, 1.807) is 6.92 Å². The monoisotopic (exact) mass is 390 g/mol. The van der Waals surface area contributed by atoms with Gasteiger partial charge in [0.25, 0.3) is 0 Å². The van der Waals surface area contributed by atoms with Gasteiger partial charge in [-0.1, -0.05) is 30.3 Å². The second-order valence-corrected chi connectivity index (χ2v) is 7.64. The number of hydrogen-bond donors (Lipinski definition) is 3. The maximum atomic E-state index is 10.8. The molecule has 7 nitrogen and oxygen atoms in total. The SMILES string of the molecule is CSCCCNC(=NCc1nnc(C)n1C)NCC(C)(O)c1ccccc1. The second-order valence-electron chi connectivity index (χ2n) is 6.65. The zero-order valence-corrected chi connectivity index (χ0v) is 17.4. The fraction of sp³-hybridized carbons (Fsp3) is 0.526. The van der Waals surface area contributed by atoms with Gasteiger partial charge in [0.05, 0.1) is 6.54 Å². The number of aryl methyl sites for hydroxylation is 1. The number of thioether (sulfide) groups is 1. The molecule has 0 spiro atoms. The van der Waals surface area contributed by atoms with E-state index in [1.165, 1.54) is 0 Å². The van der Waals surface area contributed by atoms with Crippen LogP contribution in [0.5, 0.6) is 0 Å². The lowest BCUT2D eigenvalue weighted by atomic mass is 9.96. The standard InChI is InChI=1S/C19H30N6OS/c1-15-23-24-17(25(15)3)13-21-18(20-11-8-12-27-4)22-14-19(2,26)16-9-6-5-7-10-16/h5-7,9-10,26H,8,11-14H2,1-4H3,(H2,20,21,22). The van der Waals surface area contributed by atoms with Gasteiger partial charge in [-0.25, -0.2) is 4.99 Å². The van der Waals surface area contributed by atoms with Crippen molar-refractivity contribution < 1.29 is 5.11 Å². The van der Waals surface area contributed by atoms with Crippen molar-refractivity contribution in [2.75, 3.05) is 25.1 Å². The van der Waals surface area contributed by atoms with Crippen molar-refractivity contribution in [1.82, 2.24) is 25.4 Å². The highest BCUT2D eigenvalue weighted by Crippen LogP contribution is 2.18. The molecule has 0 saturated carbocycles. The average molecular weight is 391 g/mol. The van der Waals surface area contributed by atoms with Gasteiger partial charge in [-0.15, -0.1) is 10.2 Å². The van der Waals surface area contributed by atoms with Gasteiger partial charge in [0, 0.05) is 13.6 Å². The molecule has 0 aliphatic heterocycles. The van der Waals surface area contributed by atoms with E-state index in [-0.39, 0.29) is 0 Å². The molecule has 0 saturated heterocycles. The Hall–Kier alpha value is -2.06. The number of guanidine groups is 1. The number of aliphatic imine (C=N–C) groups is 1. The minimum absolute atomic E-state index is 0.350. The molecular weight excluding hydrogens is 360 g/mol. The molecule has 1 heterocycles. The zero-order chi connectivity index (χ0) is 19.7. The fourth-order valence-electron chi connectivity index (χ4n) is 2.49. The average Bonchev–Trinajstić information content (AvgIpc) is 2.99. The summed E-state index contributed by atoms with van der Waals surface area (Å²) in [6.07, 6.45) is 3.14. The van der Waals surface area contributed by atoms with Crippen molar-refractivity contribution in [2.24, 2.45) is 12.0 Å². The van der Waals surface area contributed by atoms with Crippen LogP contribution in [0.15, 0.2) is 35.3 Å². The quantitative estimate of drug-likeness (QED) is 0.344. The van der Waals surface area contributed by atoms with Crippen molar-refractivity contribution in [3.05, 3.63) is 47.5 Å². The van der Waals surface area contributed by atoms with Gasteiger partial charge in [0.2, 0.25) is 0 Å². The molecule has 1 atom stereocenters. The van der Waals surface area contributed by atoms with Gasteiger partial charge in [-0.05, 0) is 37.8 Å². The molecule has 8 heteroatoms. The predicted octanol–water partition coefficient (Wildman–Crippen LogP) is 1.82. The van der Waals surface area contributed by atoms with Crippen molar-refractivity contribution in [3.8, 4) is 0 Å². The molecule has 0 amide bonds. The summed E-state index contributed by atoms with van der Waals surface area (Å²) < 4.78 is 1.93. The minimum atomic E-state index is -0.996. The summed E-state index contributed by atoms with van der Waals surface area (Å²) in [4.78, 5) is 4.62. The fourth-order valence-corrected chi connectivity index (χ4v) is 2.92. The lowest BCUT2D eigenvalue weighted by Crippen LogP contribution is -2.45. The van der Waals surface area contributed by atoms with E-state index in [4.69, 9.17) is 0 Å². The Kier molecular flexibility index (Phi) is 8.12. The van der Waals surface area contributed by atoms with Crippen molar-refractivity contribution in [1.29, 1.82) is 0 Å². The number of rotatable bonds is 9. The third-order valence-corrected chi connectivity index (χ3v) is 5.07. The van der Waals surface area contributed by atoms with Gasteiger partial charge >= 0.3 is 0 Å². The molecule has 0 fully saturated rings. The van der Waals surface area contributed by atoms with Crippen LogP contribution >= 0.6 is 11.8 Å². The Balaban J connectivity index is 2.02. The Morgan fingerprint density at radius 2 is 2.00 bits per heavy atom. The normalized spacial score (nSPS) is 14.0. The smallest absolute Gasteiger partial charge is 0.191 e. The van der Waals surface area contributed by atoms with E-state index in [9.17, 15) is 5.11 Å². The molecule has 2 rings (SSSR count). The van der Waals surface area contributed by atoms with Crippen molar-refractivity contribution in [3.63, 3.8) is 0 Å². The number of nitrogens with zero attached hydrogens (tertiary/aromatic N) is 4. The number of aliphatic hydroxyl groups is 1. The first-order chi connectivity index (χ1) is 12.9. The molecule has 2 aromatic rings. The summed E-state index contributed by atoms with van der Waals surface area (Å²) in [7, 11) is 1.93. The van der Waals surface area contributed by atoms with Crippen molar-refractivity contribution in [2.45, 2.75) is 32.4 Å². The summed E-state index contributed by atoms with van der Waals surface area (Å²) >= 11 is 1.82. The van der Waals surface area contributed by atoms with Crippen LogP contribution in [0.4, 0.5) is 0 Å². The first-order valence-corrected chi connectivity index (χ1v) is 10.5. The Morgan fingerprint density at radius 3 is 2.63 bits per heavy atom. The van der Waals surface area contributed by atoms with E-state index >= 15 is 0 Å². The molecule has 0 aliphatic rings. The highest BCUT2D eigenvalue weighted by atomic mass is 32.2. The highest BCUT2D eigenvalue weighted by molar-refractivity contribution is 7.98. The summed E-state index contributed by atoms with van der Waals surface area (Å²) in [6.45, 7) is 5.30. The van der Waals surface area contributed by atoms with Crippen molar-refractivity contribution >= 4 is 17.7 Å². The van der Waals surface area contributed by atoms with Crippen LogP contribution in [0.1, 0.15) is 30.6 Å². The largest absolute Gasteiger partial charge is 0.384 e. The second kappa shape index (κ2) is 10.3. The minimum Gasteiger partial charge on any atom is -0.384 e. The van der Waals surface area contributed by atoms with E-state index in [1.807, 2.05) is 60.6 Å². The lowest BCUT2D eigenvalue weighted by Gasteiger charge is -2.25. The molecule has 0 radical (unpaired) electrons. The summed E-state index contributed by atoms with van der Waals surface area (Å²) in [5.74, 6) is 3.40. The van der Waals surface area contributed by atoms with E-state index in [2.05, 4.69) is 32.1 Å². The third-order valence-electron chi connectivity index (χ3n) is 4.37. The summed E-state index contributed by atoms with van der Waals surface area (Å²) in [5, 5.41) is 25.6. The van der Waals surface area contributed by atoms with Gasteiger partial charge in [-0.3, -0.25) is 0 Å².